The molecule has 0 aliphatic rings. The Bertz CT molecular complexity index is 478. The Kier molecular flexibility index (Phi) is 3.63. The van der Waals surface area contributed by atoms with Crippen LogP contribution < -0.4 is 5.32 Å². The van der Waals surface area contributed by atoms with E-state index in [0.29, 0.717) is 0 Å². The predicted molar refractivity (Wildman–Crippen MR) is 67.2 cm³/mol. The molecule has 0 saturated heterocycles. The van der Waals surface area contributed by atoms with Crippen molar-refractivity contribution in [2.75, 3.05) is 13.6 Å². The molecule has 0 spiro atoms. The summed E-state index contributed by atoms with van der Waals surface area (Å²) in [5.41, 5.74) is 1.08. The highest BCUT2D eigenvalue weighted by Gasteiger charge is 2.13. The van der Waals surface area contributed by atoms with Gasteiger partial charge in [0.25, 0.3) is 0 Å². The molecule has 0 amide bonds. The second-order valence-corrected chi connectivity index (χ2v) is 4.79. The van der Waals surface area contributed by atoms with E-state index < -0.39 is 0 Å². The maximum absolute atomic E-state index is 6.17. The van der Waals surface area contributed by atoms with Gasteiger partial charge in [0.1, 0.15) is 0 Å². The van der Waals surface area contributed by atoms with E-state index in [1.54, 1.807) is 17.5 Å². The number of halogens is 1. The van der Waals surface area contributed by atoms with Crippen LogP contribution in [0.4, 0.5) is 0 Å². The van der Waals surface area contributed by atoms with Crippen LogP contribution in [0.1, 0.15) is 11.5 Å². The van der Waals surface area contributed by atoms with Crippen LogP contribution in [0, 0.1) is 6.92 Å². The fraction of sp³-hybridized carbons (Fsp3) is 0.364. The second-order valence-electron chi connectivity index (χ2n) is 3.53. The highest BCUT2D eigenvalue weighted by molar-refractivity contribution is 7.14. The van der Waals surface area contributed by atoms with Gasteiger partial charge in [0, 0.05) is 13.0 Å². The van der Waals surface area contributed by atoms with Crippen molar-refractivity contribution in [2.24, 2.45) is 0 Å². The summed E-state index contributed by atoms with van der Waals surface area (Å²) >= 11 is 7.75. The molecule has 3 nitrogen and oxygen atoms in total. The van der Waals surface area contributed by atoms with Gasteiger partial charge in [-0.05, 0) is 24.9 Å². The minimum absolute atomic E-state index is 0.742. The van der Waals surface area contributed by atoms with Crippen molar-refractivity contribution in [3.63, 3.8) is 0 Å². The smallest absolute Gasteiger partial charge is 0.196 e. The molecule has 0 atom stereocenters. The lowest BCUT2D eigenvalue weighted by molar-refractivity contribution is 0.501. The molecule has 0 aliphatic carbocycles. The van der Waals surface area contributed by atoms with E-state index in [1.165, 1.54) is 0 Å². The third-order valence-electron chi connectivity index (χ3n) is 2.27. The minimum atomic E-state index is 0.742. The summed E-state index contributed by atoms with van der Waals surface area (Å²) in [6, 6.07) is 0. The number of aryl methyl sites for hydroxylation is 1. The second kappa shape index (κ2) is 4.99. The lowest BCUT2D eigenvalue weighted by Crippen LogP contribution is -2.10. The fourth-order valence-corrected chi connectivity index (χ4v) is 2.59. The molecule has 86 valence electrons. The number of likely N-dealkylation sites (N-methyl/N-ethyl adjacent to an activating group) is 1. The van der Waals surface area contributed by atoms with Gasteiger partial charge in [-0.15, -0.1) is 11.3 Å². The number of oxazole rings is 1. The molecule has 0 aromatic carbocycles. The molecule has 16 heavy (non-hydrogen) atoms. The lowest BCUT2D eigenvalue weighted by Gasteiger charge is -1.94. The predicted octanol–water partition coefficient (Wildman–Crippen LogP) is 3.13. The van der Waals surface area contributed by atoms with Gasteiger partial charge in [0.2, 0.25) is 0 Å². The molecule has 2 heterocycles. The number of hydrogen-bond acceptors (Lipinski definition) is 4. The summed E-state index contributed by atoms with van der Waals surface area (Å²) in [7, 11) is 1.91. The first kappa shape index (κ1) is 11.6. The number of nitrogens with zero attached hydrogens (tertiary/aromatic N) is 1. The highest BCUT2D eigenvalue weighted by Crippen LogP contribution is 2.36. The SMILES string of the molecule is CNCCc1ncc(-c2scc(C)c2Cl)o1. The van der Waals surface area contributed by atoms with Gasteiger partial charge in [0.05, 0.1) is 16.1 Å². The summed E-state index contributed by atoms with van der Waals surface area (Å²) < 4.78 is 5.64. The normalized spacial score (nSPS) is 10.9. The van der Waals surface area contributed by atoms with Crippen molar-refractivity contribution in [1.82, 2.24) is 10.3 Å². The molecular weight excluding hydrogens is 244 g/mol. The van der Waals surface area contributed by atoms with Gasteiger partial charge >= 0.3 is 0 Å². The van der Waals surface area contributed by atoms with Crippen LogP contribution in [-0.2, 0) is 6.42 Å². The minimum Gasteiger partial charge on any atom is -0.440 e. The molecule has 0 fully saturated rings. The first-order valence-electron chi connectivity index (χ1n) is 5.05. The zero-order valence-electron chi connectivity index (χ0n) is 9.21. The Hall–Kier alpha value is -0.840. The van der Waals surface area contributed by atoms with E-state index in [2.05, 4.69) is 10.3 Å². The van der Waals surface area contributed by atoms with Crippen molar-refractivity contribution >= 4 is 22.9 Å². The zero-order valence-corrected chi connectivity index (χ0v) is 10.8. The van der Waals surface area contributed by atoms with Crippen LogP contribution in [-0.4, -0.2) is 18.6 Å². The molecule has 0 bridgehead atoms. The quantitative estimate of drug-likeness (QED) is 0.913. The molecule has 0 radical (unpaired) electrons. The fourth-order valence-electron chi connectivity index (χ4n) is 1.36. The van der Waals surface area contributed by atoms with Gasteiger partial charge in [0.15, 0.2) is 11.7 Å². The average Bonchev–Trinajstić information content (AvgIpc) is 2.85. The number of hydrogen-bond donors (Lipinski definition) is 1. The molecule has 0 saturated carbocycles. The van der Waals surface area contributed by atoms with E-state index >= 15 is 0 Å². The van der Waals surface area contributed by atoms with Crippen molar-refractivity contribution in [3.8, 4) is 10.6 Å². The lowest BCUT2D eigenvalue weighted by atomic mass is 10.3. The van der Waals surface area contributed by atoms with Crippen LogP contribution in [0.2, 0.25) is 5.02 Å². The third-order valence-corrected chi connectivity index (χ3v) is 3.98. The monoisotopic (exact) mass is 256 g/mol. The van der Waals surface area contributed by atoms with Crippen molar-refractivity contribution < 1.29 is 4.42 Å². The van der Waals surface area contributed by atoms with Crippen LogP contribution in [0.25, 0.3) is 10.6 Å². The first-order valence-corrected chi connectivity index (χ1v) is 6.31. The Labute approximate surface area is 103 Å². The Morgan fingerprint density at radius 3 is 3.00 bits per heavy atom. The molecule has 5 heteroatoms. The van der Waals surface area contributed by atoms with Gasteiger partial charge < -0.3 is 9.73 Å². The Morgan fingerprint density at radius 2 is 2.38 bits per heavy atom. The summed E-state index contributed by atoms with van der Waals surface area (Å²) in [5, 5.41) is 5.84. The summed E-state index contributed by atoms with van der Waals surface area (Å²) in [5.74, 6) is 1.50. The number of aromatic nitrogens is 1. The Morgan fingerprint density at radius 1 is 1.56 bits per heavy atom. The van der Waals surface area contributed by atoms with Crippen molar-refractivity contribution in [1.29, 1.82) is 0 Å². The molecule has 2 aromatic rings. The molecular formula is C11H13ClN2OS. The van der Waals surface area contributed by atoms with E-state index in [1.807, 2.05) is 19.4 Å². The average molecular weight is 257 g/mol. The Balaban J connectivity index is 2.21. The molecule has 0 aliphatic heterocycles. The van der Waals surface area contributed by atoms with E-state index in [0.717, 1.165) is 40.1 Å². The molecule has 1 N–H and O–H groups in total. The van der Waals surface area contributed by atoms with Crippen LogP contribution in [0.5, 0.6) is 0 Å². The molecule has 0 unspecified atom stereocenters. The van der Waals surface area contributed by atoms with E-state index in [4.69, 9.17) is 16.0 Å². The topological polar surface area (TPSA) is 38.1 Å². The van der Waals surface area contributed by atoms with Gasteiger partial charge in [-0.1, -0.05) is 11.6 Å². The maximum atomic E-state index is 6.17. The number of thiophene rings is 1. The van der Waals surface area contributed by atoms with Crippen LogP contribution in [0.3, 0.4) is 0 Å². The van der Waals surface area contributed by atoms with Gasteiger partial charge in [-0.2, -0.15) is 0 Å². The maximum Gasteiger partial charge on any atom is 0.196 e. The van der Waals surface area contributed by atoms with Gasteiger partial charge in [-0.3, -0.25) is 0 Å². The highest BCUT2D eigenvalue weighted by atomic mass is 35.5. The van der Waals surface area contributed by atoms with Crippen LogP contribution in [0.15, 0.2) is 16.0 Å². The number of rotatable bonds is 4. The largest absolute Gasteiger partial charge is 0.440 e. The van der Waals surface area contributed by atoms with E-state index in [-0.39, 0.29) is 0 Å². The summed E-state index contributed by atoms with van der Waals surface area (Å²) in [6.07, 6.45) is 2.53. The standard InChI is InChI=1S/C11H13ClN2OS/c1-7-6-16-11(10(7)12)8-5-14-9(15-8)3-4-13-2/h5-6,13H,3-4H2,1-2H3. The van der Waals surface area contributed by atoms with Crippen LogP contribution >= 0.6 is 22.9 Å². The van der Waals surface area contributed by atoms with E-state index in [9.17, 15) is 0 Å². The number of nitrogens with one attached hydrogen (secondary N) is 1. The molecule has 2 aromatic heterocycles. The van der Waals surface area contributed by atoms with Crippen molar-refractivity contribution in [2.45, 2.75) is 13.3 Å². The zero-order chi connectivity index (χ0) is 11.5. The first-order chi connectivity index (χ1) is 7.72. The summed E-state index contributed by atoms with van der Waals surface area (Å²) in [6.45, 7) is 2.85. The third kappa shape index (κ3) is 2.29. The molecule has 2 rings (SSSR count). The van der Waals surface area contributed by atoms with Crippen molar-refractivity contribution in [3.05, 3.63) is 28.1 Å². The van der Waals surface area contributed by atoms with Gasteiger partial charge in [-0.25, -0.2) is 4.98 Å². The summed E-state index contributed by atoms with van der Waals surface area (Å²) in [4.78, 5) is 5.18.